The fraction of sp³-hybridized carbons (Fsp3) is 0.125. The van der Waals surface area contributed by atoms with E-state index in [9.17, 15) is 14.4 Å². The third kappa shape index (κ3) is 4.37. The van der Waals surface area contributed by atoms with Crippen LogP contribution in [-0.4, -0.2) is 36.5 Å². The van der Waals surface area contributed by atoms with Gasteiger partial charge in [0.05, 0.1) is 12.7 Å². The summed E-state index contributed by atoms with van der Waals surface area (Å²) in [6, 6.07) is 11.2. The number of para-hydroxylation sites is 1. The predicted octanol–water partition coefficient (Wildman–Crippen LogP) is 1.20. The first-order valence-electron chi connectivity index (χ1n) is 6.67. The van der Waals surface area contributed by atoms with Gasteiger partial charge in [-0.25, -0.2) is 9.78 Å². The van der Waals surface area contributed by atoms with Gasteiger partial charge in [-0.05, 0) is 24.3 Å². The molecule has 0 aliphatic heterocycles. The first-order chi connectivity index (χ1) is 11.1. The van der Waals surface area contributed by atoms with Crippen molar-refractivity contribution in [1.29, 1.82) is 0 Å². The maximum Gasteiger partial charge on any atom is 0.357 e. The number of pyridine rings is 1. The van der Waals surface area contributed by atoms with Gasteiger partial charge in [0.2, 0.25) is 0 Å². The summed E-state index contributed by atoms with van der Waals surface area (Å²) in [6.07, 6.45) is 1.43. The van der Waals surface area contributed by atoms with E-state index in [2.05, 4.69) is 10.3 Å². The van der Waals surface area contributed by atoms with Crippen LogP contribution in [0.3, 0.4) is 0 Å². The zero-order valence-electron chi connectivity index (χ0n) is 12.3. The second-order valence-corrected chi connectivity index (χ2v) is 4.37. The Kier molecular flexibility index (Phi) is 5.40. The number of esters is 1. The number of benzene rings is 1. The lowest BCUT2D eigenvalue weighted by Gasteiger charge is -2.08. The Morgan fingerprint density at radius 1 is 1.09 bits per heavy atom. The molecule has 118 valence electrons. The standard InChI is InChI=1S/C16H14N2O5/c1-22-13-8-3-2-6-11(13)15(20)18-14(19)10-23-16(21)12-7-4-5-9-17-12/h2-9H,10H2,1H3,(H,18,19,20). The predicted molar refractivity (Wildman–Crippen MR) is 80.0 cm³/mol. The van der Waals surface area contributed by atoms with Gasteiger partial charge in [0.15, 0.2) is 6.61 Å². The van der Waals surface area contributed by atoms with E-state index >= 15 is 0 Å². The highest BCUT2D eigenvalue weighted by atomic mass is 16.5. The summed E-state index contributed by atoms with van der Waals surface area (Å²) < 4.78 is 9.82. The monoisotopic (exact) mass is 314 g/mol. The average Bonchev–Trinajstić information content (AvgIpc) is 2.60. The summed E-state index contributed by atoms with van der Waals surface area (Å²) in [5, 5.41) is 2.12. The molecule has 1 heterocycles. The molecule has 0 saturated carbocycles. The molecule has 7 nitrogen and oxygen atoms in total. The normalized spacial score (nSPS) is 9.78. The van der Waals surface area contributed by atoms with E-state index < -0.39 is 24.4 Å². The summed E-state index contributed by atoms with van der Waals surface area (Å²) in [5.74, 6) is -1.79. The number of amides is 2. The molecule has 1 N–H and O–H groups in total. The van der Waals surface area contributed by atoms with Crippen molar-refractivity contribution >= 4 is 17.8 Å². The van der Waals surface area contributed by atoms with E-state index in [4.69, 9.17) is 9.47 Å². The number of hydrogen-bond donors (Lipinski definition) is 1. The highest BCUT2D eigenvalue weighted by Gasteiger charge is 2.16. The van der Waals surface area contributed by atoms with Gasteiger partial charge in [0, 0.05) is 6.20 Å². The maximum atomic E-state index is 12.0. The van der Waals surface area contributed by atoms with Crippen molar-refractivity contribution in [3.8, 4) is 5.75 Å². The molecule has 0 fully saturated rings. The highest BCUT2D eigenvalue weighted by molar-refractivity contribution is 6.06. The van der Waals surface area contributed by atoms with Gasteiger partial charge in [0.1, 0.15) is 11.4 Å². The molecule has 0 aliphatic rings. The molecule has 2 aromatic rings. The second-order valence-electron chi connectivity index (χ2n) is 4.37. The SMILES string of the molecule is COc1ccccc1C(=O)NC(=O)COC(=O)c1ccccn1. The molecule has 0 unspecified atom stereocenters. The Bertz CT molecular complexity index is 715. The lowest BCUT2D eigenvalue weighted by molar-refractivity contribution is -0.123. The number of imide groups is 1. The third-order valence-electron chi connectivity index (χ3n) is 2.81. The minimum Gasteiger partial charge on any atom is -0.496 e. The molecule has 7 heteroatoms. The number of nitrogens with one attached hydrogen (secondary N) is 1. The minimum atomic E-state index is -0.745. The van der Waals surface area contributed by atoms with Crippen LogP contribution >= 0.6 is 0 Å². The van der Waals surface area contributed by atoms with Crippen LogP contribution in [0.15, 0.2) is 48.7 Å². The van der Waals surface area contributed by atoms with Crippen LogP contribution in [0.4, 0.5) is 0 Å². The summed E-state index contributed by atoms with van der Waals surface area (Å²) in [5.41, 5.74) is 0.288. The molecule has 2 rings (SSSR count). The summed E-state index contributed by atoms with van der Waals surface area (Å²) in [4.78, 5) is 39.1. The number of carbonyl (C=O) groups is 3. The van der Waals surface area contributed by atoms with Crippen LogP contribution in [0, 0.1) is 0 Å². The molecule has 0 spiro atoms. The molecular formula is C16H14N2O5. The topological polar surface area (TPSA) is 94.6 Å². The largest absolute Gasteiger partial charge is 0.496 e. The van der Waals surface area contributed by atoms with Crippen LogP contribution in [0.25, 0.3) is 0 Å². The molecule has 2 amide bonds. The number of ether oxygens (including phenoxy) is 2. The van der Waals surface area contributed by atoms with Gasteiger partial charge in [-0.1, -0.05) is 18.2 Å². The lowest BCUT2D eigenvalue weighted by atomic mass is 10.2. The van der Waals surface area contributed by atoms with E-state index in [0.29, 0.717) is 5.75 Å². The molecule has 0 aliphatic carbocycles. The van der Waals surface area contributed by atoms with Crippen LogP contribution < -0.4 is 10.1 Å². The zero-order valence-corrected chi connectivity index (χ0v) is 12.3. The van der Waals surface area contributed by atoms with E-state index in [1.807, 2.05) is 0 Å². The van der Waals surface area contributed by atoms with Gasteiger partial charge >= 0.3 is 5.97 Å². The maximum absolute atomic E-state index is 12.0. The van der Waals surface area contributed by atoms with E-state index in [1.54, 1.807) is 30.3 Å². The van der Waals surface area contributed by atoms with Crippen molar-refractivity contribution < 1.29 is 23.9 Å². The molecular weight excluding hydrogens is 300 g/mol. The summed E-state index contributed by atoms with van der Waals surface area (Å²) in [7, 11) is 1.42. The van der Waals surface area contributed by atoms with Crippen molar-refractivity contribution in [3.63, 3.8) is 0 Å². The van der Waals surface area contributed by atoms with Gasteiger partial charge in [-0.3, -0.25) is 14.9 Å². The molecule has 1 aromatic carbocycles. The first kappa shape index (κ1) is 16.2. The first-order valence-corrected chi connectivity index (χ1v) is 6.67. The zero-order chi connectivity index (χ0) is 16.7. The van der Waals surface area contributed by atoms with Gasteiger partial charge in [0.25, 0.3) is 11.8 Å². The van der Waals surface area contributed by atoms with Gasteiger partial charge < -0.3 is 9.47 Å². The second kappa shape index (κ2) is 7.69. The Hall–Kier alpha value is -3.22. The smallest absolute Gasteiger partial charge is 0.357 e. The van der Waals surface area contributed by atoms with E-state index in [0.717, 1.165) is 0 Å². The molecule has 0 saturated heterocycles. The van der Waals surface area contributed by atoms with Crippen LogP contribution in [-0.2, 0) is 9.53 Å². The molecule has 0 bridgehead atoms. The average molecular weight is 314 g/mol. The Labute approximate surface area is 132 Å². The van der Waals surface area contributed by atoms with Gasteiger partial charge in [-0.2, -0.15) is 0 Å². The molecule has 0 atom stereocenters. The number of hydrogen-bond acceptors (Lipinski definition) is 6. The molecule has 23 heavy (non-hydrogen) atoms. The van der Waals surface area contributed by atoms with Crippen molar-refractivity contribution in [2.45, 2.75) is 0 Å². The Morgan fingerprint density at radius 2 is 1.83 bits per heavy atom. The fourth-order valence-corrected chi connectivity index (χ4v) is 1.75. The Morgan fingerprint density at radius 3 is 2.52 bits per heavy atom. The number of methoxy groups -OCH3 is 1. The lowest BCUT2D eigenvalue weighted by Crippen LogP contribution is -2.34. The van der Waals surface area contributed by atoms with E-state index in [-0.39, 0.29) is 11.3 Å². The summed E-state index contributed by atoms with van der Waals surface area (Å²) >= 11 is 0. The summed E-state index contributed by atoms with van der Waals surface area (Å²) in [6.45, 7) is -0.587. The fourth-order valence-electron chi connectivity index (χ4n) is 1.75. The van der Waals surface area contributed by atoms with Crippen molar-refractivity contribution in [2.75, 3.05) is 13.7 Å². The van der Waals surface area contributed by atoms with Crippen LogP contribution in [0.5, 0.6) is 5.75 Å². The van der Waals surface area contributed by atoms with Crippen molar-refractivity contribution in [1.82, 2.24) is 10.3 Å². The quantitative estimate of drug-likeness (QED) is 0.833. The van der Waals surface area contributed by atoms with Crippen molar-refractivity contribution in [3.05, 3.63) is 59.9 Å². The van der Waals surface area contributed by atoms with Crippen molar-refractivity contribution in [2.24, 2.45) is 0 Å². The number of carbonyl (C=O) groups excluding carboxylic acids is 3. The highest BCUT2D eigenvalue weighted by Crippen LogP contribution is 2.16. The van der Waals surface area contributed by atoms with Crippen LogP contribution in [0.2, 0.25) is 0 Å². The van der Waals surface area contributed by atoms with E-state index in [1.165, 1.54) is 25.4 Å². The van der Waals surface area contributed by atoms with Gasteiger partial charge in [-0.15, -0.1) is 0 Å². The number of aromatic nitrogens is 1. The Balaban J connectivity index is 1.90. The number of nitrogens with zero attached hydrogens (tertiary/aromatic N) is 1. The minimum absolute atomic E-state index is 0.0800. The molecule has 0 radical (unpaired) electrons. The number of rotatable bonds is 5. The third-order valence-corrected chi connectivity index (χ3v) is 2.81. The molecule has 1 aromatic heterocycles. The van der Waals surface area contributed by atoms with Crippen LogP contribution in [0.1, 0.15) is 20.8 Å².